The van der Waals surface area contributed by atoms with E-state index in [0.29, 0.717) is 0 Å². The first kappa shape index (κ1) is 11.3. The molecular weight excluding hydrogens is 118 g/mol. The summed E-state index contributed by atoms with van der Waals surface area (Å²) >= 11 is 0. The molecule has 0 saturated carbocycles. The van der Waals surface area contributed by atoms with Gasteiger partial charge in [0, 0.05) is 0 Å². The van der Waals surface area contributed by atoms with Gasteiger partial charge in [-0.05, 0) is 20.0 Å². The molecule has 0 spiro atoms. The van der Waals surface area contributed by atoms with Gasteiger partial charge in [-0.1, -0.05) is 13.3 Å². The van der Waals surface area contributed by atoms with Gasteiger partial charge in [0.25, 0.3) is 6.47 Å². The van der Waals surface area contributed by atoms with E-state index in [1.54, 1.807) is 0 Å². The molecule has 0 fully saturated rings. The van der Waals surface area contributed by atoms with Crippen molar-refractivity contribution >= 4 is 6.47 Å². The molecule has 0 atom stereocenters. The van der Waals surface area contributed by atoms with Crippen LogP contribution in [0.15, 0.2) is 0 Å². The Morgan fingerprint density at radius 3 is 2.22 bits per heavy atom. The lowest BCUT2D eigenvalue weighted by Crippen LogP contribution is -2.06. The maximum absolute atomic E-state index is 8.36. The molecule has 0 saturated heterocycles. The van der Waals surface area contributed by atoms with Crippen LogP contribution in [-0.4, -0.2) is 25.2 Å². The van der Waals surface area contributed by atoms with Gasteiger partial charge in [-0.2, -0.15) is 0 Å². The molecule has 0 aromatic carbocycles. The lowest BCUT2D eigenvalue weighted by atomic mass is 10.3. The maximum Gasteiger partial charge on any atom is 0.290 e. The minimum absolute atomic E-state index is 0.250. The van der Waals surface area contributed by atoms with Crippen LogP contribution in [0.5, 0.6) is 0 Å². The fourth-order valence-electron chi connectivity index (χ4n) is 0.354. The average molecular weight is 133 g/mol. The number of unbranched alkanes of at least 4 members (excludes halogenated alkanes) is 1. The average Bonchev–Trinajstić information content (AvgIpc) is 1.86. The summed E-state index contributed by atoms with van der Waals surface area (Å²) in [7, 11) is 1.98. The molecule has 0 rings (SSSR count). The van der Waals surface area contributed by atoms with Gasteiger partial charge in [0.2, 0.25) is 0 Å². The number of hydrogen-bond donors (Lipinski definition) is 2. The number of rotatable bonds is 3. The molecule has 0 aliphatic rings. The highest BCUT2D eigenvalue weighted by atomic mass is 16.3. The van der Waals surface area contributed by atoms with Crippen LogP contribution in [-0.2, 0) is 4.79 Å². The number of carboxylic acid groups (broad SMARTS) is 1. The van der Waals surface area contributed by atoms with Crippen LogP contribution in [0.2, 0.25) is 0 Å². The summed E-state index contributed by atoms with van der Waals surface area (Å²) in [6.07, 6.45) is 2.59. The van der Waals surface area contributed by atoms with Crippen molar-refractivity contribution in [3.63, 3.8) is 0 Å². The highest BCUT2D eigenvalue weighted by Gasteiger charge is 1.73. The molecule has 2 N–H and O–H groups in total. The first-order chi connectivity index (χ1) is 4.33. The zero-order chi connectivity index (χ0) is 7.54. The number of nitrogens with one attached hydrogen (secondary N) is 1. The molecule has 0 aromatic heterocycles. The fraction of sp³-hybridized carbons (Fsp3) is 0.833. The molecule has 0 aliphatic heterocycles. The Labute approximate surface area is 56.1 Å². The van der Waals surface area contributed by atoms with Crippen molar-refractivity contribution in [2.24, 2.45) is 0 Å². The molecule has 0 radical (unpaired) electrons. The monoisotopic (exact) mass is 133 g/mol. The molecule has 56 valence electrons. The van der Waals surface area contributed by atoms with Crippen LogP contribution in [0.4, 0.5) is 0 Å². The van der Waals surface area contributed by atoms with Gasteiger partial charge < -0.3 is 10.4 Å². The Kier molecular flexibility index (Phi) is 19.6. The highest BCUT2D eigenvalue weighted by molar-refractivity contribution is 5.32. The van der Waals surface area contributed by atoms with Crippen LogP contribution in [0.25, 0.3) is 0 Å². The van der Waals surface area contributed by atoms with Crippen LogP contribution in [0, 0.1) is 0 Å². The van der Waals surface area contributed by atoms with Gasteiger partial charge >= 0.3 is 0 Å². The quantitative estimate of drug-likeness (QED) is 0.440. The summed E-state index contributed by atoms with van der Waals surface area (Å²) in [5.41, 5.74) is 0. The van der Waals surface area contributed by atoms with Gasteiger partial charge in [0.05, 0.1) is 0 Å². The molecule has 0 aliphatic carbocycles. The molecule has 0 heterocycles. The molecule has 0 bridgehead atoms. The topological polar surface area (TPSA) is 49.3 Å². The van der Waals surface area contributed by atoms with Crippen LogP contribution in [0.3, 0.4) is 0 Å². The van der Waals surface area contributed by atoms with E-state index in [1.807, 2.05) is 7.05 Å². The lowest BCUT2D eigenvalue weighted by Gasteiger charge is -1.89. The van der Waals surface area contributed by atoms with Crippen LogP contribution >= 0.6 is 0 Å². The predicted octanol–water partition coefficient (Wildman–Crippen LogP) is 0.707. The Morgan fingerprint density at radius 1 is 1.67 bits per heavy atom. The van der Waals surface area contributed by atoms with E-state index in [-0.39, 0.29) is 6.47 Å². The summed E-state index contributed by atoms with van der Waals surface area (Å²) in [5, 5.41) is 9.96. The summed E-state index contributed by atoms with van der Waals surface area (Å²) in [6, 6.07) is 0. The van der Waals surface area contributed by atoms with Crippen molar-refractivity contribution in [2.45, 2.75) is 19.8 Å². The van der Waals surface area contributed by atoms with Gasteiger partial charge in [-0.3, -0.25) is 4.79 Å². The second kappa shape index (κ2) is 15.7. The van der Waals surface area contributed by atoms with E-state index >= 15 is 0 Å². The van der Waals surface area contributed by atoms with Crippen molar-refractivity contribution in [3.8, 4) is 0 Å². The number of hydrogen-bond acceptors (Lipinski definition) is 2. The summed E-state index contributed by atoms with van der Waals surface area (Å²) in [5.74, 6) is 0. The van der Waals surface area contributed by atoms with E-state index in [0.717, 1.165) is 6.54 Å². The Hall–Kier alpha value is -0.570. The zero-order valence-corrected chi connectivity index (χ0v) is 6.05. The summed E-state index contributed by atoms with van der Waals surface area (Å²) < 4.78 is 0. The van der Waals surface area contributed by atoms with Gasteiger partial charge in [0.15, 0.2) is 0 Å². The molecule has 0 amide bonds. The van der Waals surface area contributed by atoms with E-state index < -0.39 is 0 Å². The molecule has 0 unspecified atom stereocenters. The number of carbonyl (C=O) groups is 1. The fourth-order valence-corrected chi connectivity index (χ4v) is 0.354. The third-order valence-electron chi connectivity index (χ3n) is 0.780. The van der Waals surface area contributed by atoms with E-state index in [2.05, 4.69) is 12.2 Å². The van der Waals surface area contributed by atoms with Crippen molar-refractivity contribution in [2.75, 3.05) is 13.6 Å². The molecule has 9 heavy (non-hydrogen) atoms. The van der Waals surface area contributed by atoms with Crippen molar-refractivity contribution in [1.29, 1.82) is 0 Å². The minimum atomic E-state index is -0.250. The first-order valence-corrected chi connectivity index (χ1v) is 3.05. The van der Waals surface area contributed by atoms with Crippen LogP contribution < -0.4 is 5.32 Å². The third kappa shape index (κ3) is 37.1. The van der Waals surface area contributed by atoms with Crippen molar-refractivity contribution < 1.29 is 9.90 Å². The molecule has 0 aromatic rings. The van der Waals surface area contributed by atoms with E-state index in [1.165, 1.54) is 12.8 Å². The van der Waals surface area contributed by atoms with Crippen molar-refractivity contribution in [3.05, 3.63) is 0 Å². The Morgan fingerprint density at radius 2 is 2.11 bits per heavy atom. The van der Waals surface area contributed by atoms with E-state index in [9.17, 15) is 0 Å². The smallest absolute Gasteiger partial charge is 0.290 e. The Bertz CT molecular complexity index is 44.3. The highest BCUT2D eigenvalue weighted by Crippen LogP contribution is 1.79. The van der Waals surface area contributed by atoms with Crippen molar-refractivity contribution in [1.82, 2.24) is 5.32 Å². The third-order valence-corrected chi connectivity index (χ3v) is 0.780. The minimum Gasteiger partial charge on any atom is -0.483 e. The van der Waals surface area contributed by atoms with Gasteiger partial charge in [-0.25, -0.2) is 0 Å². The SMILES string of the molecule is CCCCNC.O=CO. The molecular formula is C6H15NO2. The second-order valence-electron chi connectivity index (χ2n) is 1.56. The molecule has 3 heteroatoms. The normalized spacial score (nSPS) is 7.33. The lowest BCUT2D eigenvalue weighted by molar-refractivity contribution is -0.122. The summed E-state index contributed by atoms with van der Waals surface area (Å²) in [6.45, 7) is 3.11. The summed E-state index contributed by atoms with van der Waals surface area (Å²) in [4.78, 5) is 8.36. The van der Waals surface area contributed by atoms with Crippen LogP contribution in [0.1, 0.15) is 19.8 Å². The largest absolute Gasteiger partial charge is 0.483 e. The standard InChI is InChI=1S/C5H13N.CH2O2/c1-3-4-5-6-2;2-1-3/h6H,3-5H2,1-2H3;1H,(H,2,3). The maximum atomic E-state index is 8.36. The second-order valence-corrected chi connectivity index (χ2v) is 1.56. The van der Waals surface area contributed by atoms with E-state index in [4.69, 9.17) is 9.90 Å². The molecule has 3 nitrogen and oxygen atoms in total. The van der Waals surface area contributed by atoms with Gasteiger partial charge in [0.1, 0.15) is 0 Å². The van der Waals surface area contributed by atoms with Gasteiger partial charge in [-0.15, -0.1) is 0 Å². The Balaban J connectivity index is 0. The zero-order valence-electron chi connectivity index (χ0n) is 6.05. The first-order valence-electron chi connectivity index (χ1n) is 3.05. The predicted molar refractivity (Wildman–Crippen MR) is 37.5 cm³/mol.